The van der Waals surface area contributed by atoms with E-state index in [9.17, 15) is 0 Å². The van der Waals surface area contributed by atoms with E-state index in [4.69, 9.17) is 10.1 Å². The summed E-state index contributed by atoms with van der Waals surface area (Å²) in [5.41, 5.74) is 4.39. The summed E-state index contributed by atoms with van der Waals surface area (Å²) in [5.74, 6) is 3.17. The van der Waals surface area contributed by atoms with Crippen molar-refractivity contribution in [3.05, 3.63) is 77.9 Å². The lowest BCUT2D eigenvalue weighted by Gasteiger charge is -2.18. The smallest absolute Gasteiger partial charge is 0.205 e. The van der Waals surface area contributed by atoms with Crippen molar-refractivity contribution in [2.24, 2.45) is 0 Å². The number of allylic oxidation sites excluding steroid dienone is 2. The molecule has 0 spiro atoms. The van der Waals surface area contributed by atoms with Crippen LogP contribution in [0.2, 0.25) is 0 Å². The van der Waals surface area contributed by atoms with E-state index in [1.54, 1.807) is 0 Å². The number of hydrogen-bond donors (Lipinski definition) is 1. The molecule has 0 atom stereocenters. The maximum atomic E-state index is 5.00. The molecule has 1 aliphatic rings. The number of hydrogen-bond acceptors (Lipinski definition) is 5. The van der Waals surface area contributed by atoms with Gasteiger partial charge in [0.2, 0.25) is 5.82 Å². The molecule has 2 heterocycles. The van der Waals surface area contributed by atoms with E-state index in [1.165, 1.54) is 37.7 Å². The first-order valence-corrected chi connectivity index (χ1v) is 11.8. The summed E-state index contributed by atoms with van der Waals surface area (Å²) >= 11 is 0. The Kier molecular flexibility index (Phi) is 6.37. The molecular weight excluding hydrogens is 410 g/mol. The van der Waals surface area contributed by atoms with Crippen molar-refractivity contribution < 1.29 is 0 Å². The molecule has 1 aliphatic carbocycles. The highest BCUT2D eigenvalue weighted by Gasteiger charge is 2.21. The van der Waals surface area contributed by atoms with Crippen molar-refractivity contribution in [3.8, 4) is 22.5 Å². The maximum absolute atomic E-state index is 5.00. The molecule has 4 aromatic rings. The normalized spacial score (nSPS) is 14.8. The molecule has 168 valence electrons. The summed E-state index contributed by atoms with van der Waals surface area (Å²) in [6.07, 6.45) is 11.3. The van der Waals surface area contributed by atoms with Gasteiger partial charge in [0.15, 0.2) is 5.82 Å². The van der Waals surface area contributed by atoms with Crippen molar-refractivity contribution in [3.63, 3.8) is 0 Å². The molecule has 0 radical (unpaired) electrons. The van der Waals surface area contributed by atoms with Gasteiger partial charge in [0.05, 0.1) is 6.54 Å². The number of aromatic amines is 1. The molecule has 0 aliphatic heterocycles. The van der Waals surface area contributed by atoms with Crippen LogP contribution in [0, 0.1) is 0 Å². The molecule has 0 amide bonds. The van der Waals surface area contributed by atoms with Gasteiger partial charge >= 0.3 is 0 Å². The number of aromatic nitrogens is 7. The summed E-state index contributed by atoms with van der Waals surface area (Å²) in [5, 5.41) is 19.4. The van der Waals surface area contributed by atoms with Crippen LogP contribution in [0.5, 0.6) is 0 Å². The second kappa shape index (κ2) is 9.90. The minimum absolute atomic E-state index is 0.508. The van der Waals surface area contributed by atoms with Crippen LogP contribution >= 0.6 is 0 Å². The van der Waals surface area contributed by atoms with Crippen LogP contribution in [-0.2, 0) is 13.0 Å². The molecule has 7 nitrogen and oxygen atoms in total. The van der Waals surface area contributed by atoms with Crippen molar-refractivity contribution >= 4 is 0 Å². The van der Waals surface area contributed by atoms with Gasteiger partial charge in [-0.1, -0.05) is 79.9 Å². The monoisotopic (exact) mass is 439 g/mol. The third-order valence-electron chi connectivity index (χ3n) is 6.39. The summed E-state index contributed by atoms with van der Waals surface area (Å²) in [6.45, 7) is 2.81. The lowest BCUT2D eigenvalue weighted by molar-refractivity contribution is 0.427. The largest absolute Gasteiger partial charge is 0.246 e. The number of benzene rings is 2. The van der Waals surface area contributed by atoms with Gasteiger partial charge in [-0.2, -0.15) is 10.3 Å². The lowest BCUT2D eigenvalue weighted by atomic mass is 9.89. The molecule has 1 N–H and O–H groups in total. The fourth-order valence-electron chi connectivity index (χ4n) is 4.60. The van der Waals surface area contributed by atoms with E-state index >= 15 is 0 Å². The van der Waals surface area contributed by atoms with Crippen LogP contribution in [0.4, 0.5) is 0 Å². The van der Waals surface area contributed by atoms with Gasteiger partial charge in [-0.15, -0.1) is 10.2 Å². The summed E-state index contributed by atoms with van der Waals surface area (Å²) in [6, 6.07) is 16.8. The lowest BCUT2D eigenvalue weighted by Crippen LogP contribution is -2.07. The third-order valence-corrected chi connectivity index (χ3v) is 6.39. The molecule has 33 heavy (non-hydrogen) atoms. The highest BCUT2D eigenvalue weighted by atomic mass is 15.5. The van der Waals surface area contributed by atoms with E-state index in [2.05, 4.69) is 67.8 Å². The SMILES string of the molecule is CC=CCn1nc(C2CCCCC2)nc1Cc1ccc(-c2ccccc2-c2nn[nH]n2)cc1. The molecule has 1 fully saturated rings. The van der Waals surface area contributed by atoms with Crippen LogP contribution in [-0.4, -0.2) is 35.4 Å². The molecule has 7 heteroatoms. The van der Waals surface area contributed by atoms with Gasteiger partial charge in [-0.3, -0.25) is 0 Å². The topological polar surface area (TPSA) is 85.2 Å². The minimum Gasteiger partial charge on any atom is -0.246 e. The zero-order valence-corrected chi connectivity index (χ0v) is 19.0. The number of nitrogens with zero attached hydrogens (tertiary/aromatic N) is 6. The van der Waals surface area contributed by atoms with E-state index in [0.717, 1.165) is 41.3 Å². The maximum Gasteiger partial charge on any atom is 0.205 e. The summed E-state index contributed by atoms with van der Waals surface area (Å²) in [4.78, 5) is 5.00. The van der Waals surface area contributed by atoms with E-state index in [0.29, 0.717) is 11.7 Å². The molecule has 5 rings (SSSR count). The summed E-state index contributed by atoms with van der Waals surface area (Å²) < 4.78 is 2.07. The number of H-pyrrole nitrogens is 1. The summed E-state index contributed by atoms with van der Waals surface area (Å²) in [7, 11) is 0. The van der Waals surface area contributed by atoms with E-state index in [1.807, 2.05) is 25.1 Å². The standard InChI is InChI=1S/C26H29N7/c1-2-3-17-33-24(27-25(30-33)21-9-5-4-6-10-21)18-19-13-15-20(16-14-19)22-11-7-8-12-23(22)26-28-31-32-29-26/h2-3,7-8,11-16,21H,4-6,9-10,17-18H2,1H3,(H,28,29,31,32). The quantitative estimate of drug-likeness (QED) is 0.393. The minimum atomic E-state index is 0.508. The van der Waals surface area contributed by atoms with Gasteiger partial charge in [0.1, 0.15) is 5.82 Å². The van der Waals surface area contributed by atoms with Gasteiger partial charge < -0.3 is 0 Å². The van der Waals surface area contributed by atoms with Crippen LogP contribution in [0.1, 0.15) is 62.2 Å². The highest BCUT2D eigenvalue weighted by Crippen LogP contribution is 2.32. The molecule has 0 unspecified atom stereocenters. The predicted octanol–water partition coefficient (Wildman–Crippen LogP) is 5.34. The van der Waals surface area contributed by atoms with E-state index < -0.39 is 0 Å². The molecule has 1 saturated carbocycles. The first kappa shape index (κ1) is 21.2. The number of rotatable bonds is 7. The molecule has 0 bridgehead atoms. The second-order valence-electron chi connectivity index (χ2n) is 8.63. The third kappa shape index (κ3) is 4.77. The predicted molar refractivity (Wildman–Crippen MR) is 129 cm³/mol. The van der Waals surface area contributed by atoms with Crippen molar-refractivity contribution in [1.82, 2.24) is 35.4 Å². The Morgan fingerprint density at radius 2 is 1.79 bits per heavy atom. The van der Waals surface area contributed by atoms with Crippen LogP contribution < -0.4 is 0 Å². The fraction of sp³-hybridized carbons (Fsp3) is 0.346. The second-order valence-corrected chi connectivity index (χ2v) is 8.63. The van der Waals surface area contributed by atoms with Crippen LogP contribution in [0.15, 0.2) is 60.7 Å². The first-order valence-electron chi connectivity index (χ1n) is 11.8. The van der Waals surface area contributed by atoms with Crippen LogP contribution in [0.25, 0.3) is 22.5 Å². The molecule has 2 aromatic heterocycles. The zero-order valence-electron chi connectivity index (χ0n) is 19.0. The average molecular weight is 440 g/mol. The zero-order chi connectivity index (χ0) is 22.5. The van der Waals surface area contributed by atoms with Gasteiger partial charge in [-0.25, -0.2) is 9.67 Å². The van der Waals surface area contributed by atoms with Crippen molar-refractivity contribution in [2.75, 3.05) is 0 Å². The molecule has 0 saturated heterocycles. The van der Waals surface area contributed by atoms with Gasteiger partial charge in [0.25, 0.3) is 0 Å². The van der Waals surface area contributed by atoms with Gasteiger partial charge in [-0.05, 0) is 41.7 Å². The van der Waals surface area contributed by atoms with E-state index in [-0.39, 0.29) is 0 Å². The van der Waals surface area contributed by atoms with Gasteiger partial charge in [0, 0.05) is 17.9 Å². The number of nitrogens with one attached hydrogen (secondary N) is 1. The Balaban J connectivity index is 1.39. The average Bonchev–Trinajstić information content (AvgIpc) is 3.54. The Morgan fingerprint density at radius 1 is 1.00 bits per heavy atom. The molecule has 2 aromatic carbocycles. The highest BCUT2D eigenvalue weighted by molar-refractivity contribution is 5.80. The first-order chi connectivity index (χ1) is 16.3. The fourth-order valence-corrected chi connectivity index (χ4v) is 4.60. The number of tetrazole rings is 1. The Hall–Kier alpha value is -3.61. The molecular formula is C26H29N7. The Labute approximate surface area is 194 Å². The van der Waals surface area contributed by atoms with Crippen molar-refractivity contribution in [2.45, 2.75) is 57.9 Å². The Bertz CT molecular complexity index is 1200. The van der Waals surface area contributed by atoms with Crippen molar-refractivity contribution in [1.29, 1.82) is 0 Å². The Morgan fingerprint density at radius 3 is 2.52 bits per heavy atom. The van der Waals surface area contributed by atoms with Crippen LogP contribution in [0.3, 0.4) is 0 Å².